The van der Waals surface area contributed by atoms with Gasteiger partial charge in [-0.2, -0.15) is 4.39 Å². The first-order valence-electron chi connectivity index (χ1n) is 11.7. The summed E-state index contributed by atoms with van der Waals surface area (Å²) in [6.07, 6.45) is 11.0. The Morgan fingerprint density at radius 2 is 2.00 bits per heavy atom. The fourth-order valence-corrected chi connectivity index (χ4v) is 4.22. The highest BCUT2D eigenvalue weighted by molar-refractivity contribution is 6.34. The molecular weight excluding hydrogens is 542 g/mol. The normalized spacial score (nSPS) is 10.8. The number of aromatic amines is 1. The molecule has 200 valence electrons. The number of anilines is 2. The number of amides is 1. The minimum Gasteiger partial charge on any atom is -0.478 e. The van der Waals surface area contributed by atoms with Gasteiger partial charge in [0.2, 0.25) is 11.4 Å². The fraction of sp³-hybridized carbons (Fsp3) is 0.0714. The zero-order valence-corrected chi connectivity index (χ0v) is 21.3. The molecule has 0 aliphatic heterocycles. The largest absolute Gasteiger partial charge is 0.478 e. The van der Waals surface area contributed by atoms with Gasteiger partial charge in [0.1, 0.15) is 6.61 Å². The average molecular weight is 561 g/mol. The number of terminal acetylenes is 1. The molecule has 5 aromatic rings. The highest BCUT2D eigenvalue weighted by atomic mass is 35.5. The predicted molar refractivity (Wildman–Crippen MR) is 146 cm³/mol. The Morgan fingerprint density at radius 3 is 2.77 bits per heavy atom. The molecule has 0 atom stereocenters. The second kappa shape index (κ2) is 11.3. The van der Waals surface area contributed by atoms with E-state index in [0.29, 0.717) is 22.7 Å². The van der Waals surface area contributed by atoms with Gasteiger partial charge in [-0.25, -0.2) is 14.4 Å². The first kappa shape index (κ1) is 26.4. The lowest BCUT2D eigenvalue weighted by Gasteiger charge is -2.11. The average Bonchev–Trinajstić information content (AvgIpc) is 3.38. The number of aromatic nitrogens is 4. The number of pyridine rings is 1. The lowest BCUT2D eigenvalue weighted by molar-refractivity contribution is 0.0951. The van der Waals surface area contributed by atoms with Crippen molar-refractivity contribution in [1.29, 1.82) is 0 Å². The highest BCUT2D eigenvalue weighted by Crippen LogP contribution is 2.32. The summed E-state index contributed by atoms with van der Waals surface area (Å²) < 4.78 is 36.0. The molecule has 0 bridgehead atoms. The number of nitrogens with zero attached hydrogens (tertiary/aromatic N) is 3. The quantitative estimate of drug-likeness (QED) is 0.237. The number of nitrogens with one attached hydrogen (secondary N) is 3. The molecule has 12 heteroatoms. The Bertz CT molecular complexity index is 1850. The lowest BCUT2D eigenvalue weighted by atomic mass is 10.1. The minimum absolute atomic E-state index is 0.0336. The number of carbonyl (C=O) groups is 1. The summed E-state index contributed by atoms with van der Waals surface area (Å²) in [5.41, 5.74) is 1.70. The third-order valence-electron chi connectivity index (χ3n) is 5.83. The van der Waals surface area contributed by atoms with Crippen LogP contribution in [0.2, 0.25) is 5.02 Å². The minimum atomic E-state index is -1.16. The van der Waals surface area contributed by atoms with Gasteiger partial charge in [-0.15, -0.1) is 6.42 Å². The van der Waals surface area contributed by atoms with Crippen molar-refractivity contribution in [3.63, 3.8) is 0 Å². The number of rotatable bonds is 8. The van der Waals surface area contributed by atoms with Crippen molar-refractivity contribution in [3.8, 4) is 29.4 Å². The second-order valence-electron chi connectivity index (χ2n) is 8.41. The van der Waals surface area contributed by atoms with Gasteiger partial charge in [0.15, 0.2) is 23.0 Å². The Hall–Kier alpha value is -5.21. The van der Waals surface area contributed by atoms with E-state index in [-0.39, 0.29) is 46.3 Å². The van der Waals surface area contributed by atoms with Crippen LogP contribution in [0.15, 0.2) is 72.0 Å². The van der Waals surface area contributed by atoms with Crippen LogP contribution >= 0.6 is 11.6 Å². The summed E-state index contributed by atoms with van der Waals surface area (Å²) in [5.74, 6) is -0.463. The predicted octanol–water partition coefficient (Wildman–Crippen LogP) is 4.70. The molecule has 5 rings (SSSR count). The molecule has 0 aliphatic rings. The second-order valence-corrected chi connectivity index (χ2v) is 8.82. The van der Waals surface area contributed by atoms with Gasteiger partial charge in [-0.3, -0.25) is 14.0 Å². The third kappa shape index (κ3) is 5.34. The molecule has 0 saturated carbocycles. The van der Waals surface area contributed by atoms with Crippen LogP contribution < -0.4 is 20.9 Å². The van der Waals surface area contributed by atoms with E-state index in [4.69, 9.17) is 22.8 Å². The van der Waals surface area contributed by atoms with Crippen molar-refractivity contribution in [2.24, 2.45) is 0 Å². The van der Waals surface area contributed by atoms with Gasteiger partial charge in [0.25, 0.3) is 5.91 Å². The topological polar surface area (TPSA) is 113 Å². The van der Waals surface area contributed by atoms with Gasteiger partial charge < -0.3 is 20.4 Å². The van der Waals surface area contributed by atoms with Crippen LogP contribution in [0.1, 0.15) is 15.9 Å². The number of hydrogen-bond acceptors (Lipinski definition) is 6. The summed E-state index contributed by atoms with van der Waals surface area (Å²) in [4.78, 5) is 35.2. The zero-order valence-electron chi connectivity index (χ0n) is 20.5. The maximum atomic E-state index is 14.9. The standard InChI is InChI=1S/C28H19ClF2N6O3/c1-2-11-40-22-6-5-19(24(30)25(22)31)21-15-34-27-26(33-9-10-37(21)27)36-17-3-4-18(20(29)13-17)28(39)35-14-16-7-8-32-23(38)12-16/h1,3-10,12-13,15H,11,14H2,(H,32,38)(H,33,36)(H,35,39). The number of hydrogen-bond donors (Lipinski definition) is 3. The zero-order chi connectivity index (χ0) is 28.2. The summed E-state index contributed by atoms with van der Waals surface area (Å²) in [6, 6.07) is 10.5. The first-order valence-corrected chi connectivity index (χ1v) is 12.1. The Kier molecular flexibility index (Phi) is 7.43. The molecule has 0 spiro atoms. The first-order chi connectivity index (χ1) is 19.4. The van der Waals surface area contributed by atoms with E-state index in [1.807, 2.05) is 0 Å². The van der Waals surface area contributed by atoms with Crippen LogP contribution in [0.5, 0.6) is 5.75 Å². The van der Waals surface area contributed by atoms with E-state index in [1.165, 1.54) is 42.9 Å². The van der Waals surface area contributed by atoms with Crippen LogP contribution in [0, 0.1) is 24.0 Å². The van der Waals surface area contributed by atoms with E-state index in [9.17, 15) is 18.4 Å². The molecule has 0 saturated heterocycles. The van der Waals surface area contributed by atoms with Gasteiger partial charge in [0.05, 0.1) is 22.5 Å². The Balaban J connectivity index is 1.36. The molecule has 2 aromatic carbocycles. The number of halogens is 3. The van der Waals surface area contributed by atoms with Crippen LogP contribution in [-0.2, 0) is 6.54 Å². The van der Waals surface area contributed by atoms with Crippen molar-refractivity contribution in [3.05, 3.63) is 105 Å². The number of benzene rings is 2. The lowest BCUT2D eigenvalue weighted by Crippen LogP contribution is -2.23. The fourth-order valence-electron chi connectivity index (χ4n) is 3.96. The maximum absolute atomic E-state index is 14.9. The van der Waals surface area contributed by atoms with Crippen LogP contribution in [-0.4, -0.2) is 31.9 Å². The van der Waals surface area contributed by atoms with E-state index >= 15 is 0 Å². The molecule has 3 N–H and O–H groups in total. The van der Waals surface area contributed by atoms with E-state index in [2.05, 4.69) is 31.5 Å². The summed E-state index contributed by atoms with van der Waals surface area (Å²) in [5, 5.41) is 5.98. The molecule has 40 heavy (non-hydrogen) atoms. The monoisotopic (exact) mass is 560 g/mol. The van der Waals surface area contributed by atoms with Crippen LogP contribution in [0.3, 0.4) is 0 Å². The summed E-state index contributed by atoms with van der Waals surface area (Å²) in [7, 11) is 0. The molecule has 1 amide bonds. The van der Waals surface area contributed by atoms with Crippen molar-refractivity contribution in [2.45, 2.75) is 6.54 Å². The van der Waals surface area contributed by atoms with E-state index in [1.54, 1.807) is 28.8 Å². The van der Waals surface area contributed by atoms with Gasteiger partial charge in [0, 0.05) is 42.5 Å². The smallest absolute Gasteiger partial charge is 0.253 e. The molecule has 0 aliphatic carbocycles. The Labute approximate surface area is 230 Å². The van der Waals surface area contributed by atoms with Crippen molar-refractivity contribution >= 4 is 34.7 Å². The molecule has 0 radical (unpaired) electrons. The van der Waals surface area contributed by atoms with Gasteiger partial charge in [-0.1, -0.05) is 17.5 Å². The van der Waals surface area contributed by atoms with Crippen molar-refractivity contribution in [2.75, 3.05) is 11.9 Å². The number of carbonyl (C=O) groups excluding carboxylic acids is 1. The van der Waals surface area contributed by atoms with Crippen LogP contribution in [0.4, 0.5) is 20.3 Å². The molecular formula is C28H19ClF2N6O3. The van der Waals surface area contributed by atoms with E-state index < -0.39 is 17.5 Å². The Morgan fingerprint density at radius 1 is 1.15 bits per heavy atom. The number of fused-ring (bicyclic) bond motifs is 1. The molecule has 0 unspecified atom stereocenters. The SMILES string of the molecule is C#CCOc1ccc(-c2cnc3c(Nc4ccc(C(=O)NCc5cc[nH]c(=O)c5)c(Cl)c4)nccn23)c(F)c1F. The third-order valence-corrected chi connectivity index (χ3v) is 6.14. The number of H-pyrrole nitrogens is 1. The summed E-state index contributed by atoms with van der Waals surface area (Å²) in [6.45, 7) is -0.0456. The van der Waals surface area contributed by atoms with E-state index in [0.717, 1.165) is 0 Å². The number of ether oxygens (including phenoxy) is 1. The van der Waals surface area contributed by atoms with Gasteiger partial charge in [-0.05, 0) is 42.0 Å². The van der Waals surface area contributed by atoms with Crippen molar-refractivity contribution in [1.82, 2.24) is 24.7 Å². The van der Waals surface area contributed by atoms with Crippen molar-refractivity contribution < 1.29 is 18.3 Å². The molecule has 3 heterocycles. The summed E-state index contributed by atoms with van der Waals surface area (Å²) >= 11 is 6.38. The van der Waals surface area contributed by atoms with Gasteiger partial charge >= 0.3 is 0 Å². The molecule has 9 nitrogen and oxygen atoms in total. The highest BCUT2D eigenvalue weighted by Gasteiger charge is 2.20. The maximum Gasteiger partial charge on any atom is 0.253 e. The van der Waals surface area contributed by atoms with Crippen LogP contribution in [0.25, 0.3) is 16.9 Å². The molecule has 3 aromatic heterocycles. The number of imidazole rings is 1. The molecule has 0 fully saturated rings.